The molecule has 1 aromatic rings. The van der Waals surface area contributed by atoms with Gasteiger partial charge in [0.25, 0.3) is 0 Å². The minimum atomic E-state index is -0.198. The van der Waals surface area contributed by atoms with Crippen LogP contribution in [0, 0.1) is 46.3 Å². The zero-order chi connectivity index (χ0) is 28.9. The fourth-order valence-electron chi connectivity index (χ4n) is 10.4. The third-order valence-electron chi connectivity index (χ3n) is 12.5. The van der Waals surface area contributed by atoms with E-state index >= 15 is 0 Å². The Labute approximate surface area is 246 Å². The van der Waals surface area contributed by atoms with Crippen LogP contribution in [-0.2, 0) is 19.0 Å². The first-order valence-corrected chi connectivity index (χ1v) is 16.4. The topological polar surface area (TPSA) is 61.8 Å². The molecule has 0 radical (unpaired) electrons. The minimum Gasteiger partial charge on any atom is -0.494 e. The Morgan fingerprint density at radius 2 is 1.76 bits per heavy atom. The summed E-state index contributed by atoms with van der Waals surface area (Å²) in [6.07, 6.45) is 11.9. The molecule has 41 heavy (non-hydrogen) atoms. The summed E-state index contributed by atoms with van der Waals surface area (Å²) in [6.45, 7) is 11.6. The molecular formula is C36H50O5. The molecule has 1 heterocycles. The van der Waals surface area contributed by atoms with Gasteiger partial charge in [-0.15, -0.1) is 0 Å². The third-order valence-corrected chi connectivity index (χ3v) is 12.5. The fourth-order valence-corrected chi connectivity index (χ4v) is 10.4. The van der Waals surface area contributed by atoms with Crippen LogP contribution in [0.3, 0.4) is 0 Å². The first kappa shape index (κ1) is 28.8. The molecule has 10 atom stereocenters. The van der Waals surface area contributed by atoms with Crippen LogP contribution >= 0.6 is 0 Å². The van der Waals surface area contributed by atoms with E-state index in [2.05, 4.69) is 27.7 Å². The van der Waals surface area contributed by atoms with Gasteiger partial charge in [-0.3, -0.25) is 4.79 Å². The monoisotopic (exact) mass is 562 g/mol. The van der Waals surface area contributed by atoms with Gasteiger partial charge in [-0.05, 0) is 123 Å². The van der Waals surface area contributed by atoms with E-state index < -0.39 is 0 Å². The summed E-state index contributed by atoms with van der Waals surface area (Å²) in [5.74, 6) is 4.69. The van der Waals surface area contributed by atoms with Crippen molar-refractivity contribution >= 4 is 11.9 Å². The molecule has 0 N–H and O–H groups in total. The summed E-state index contributed by atoms with van der Waals surface area (Å²) in [6, 6.07) is 9.45. The number of carbonyl (C=O) groups excluding carboxylic acids is 2. The number of hydrogen-bond acceptors (Lipinski definition) is 5. The molecule has 6 rings (SSSR count). The third kappa shape index (κ3) is 5.14. The fraction of sp³-hybridized carbons (Fsp3) is 0.722. The number of fused-ring (bicyclic) bond motifs is 7. The molecule has 224 valence electrons. The molecule has 1 aliphatic heterocycles. The lowest BCUT2D eigenvalue weighted by Gasteiger charge is -2.61. The Hall–Kier alpha value is -2.30. The summed E-state index contributed by atoms with van der Waals surface area (Å²) >= 11 is 0. The number of carbonyl (C=O) groups is 2. The molecule has 4 fully saturated rings. The molecule has 0 unspecified atom stereocenters. The number of rotatable bonds is 7. The Bertz CT molecular complexity index is 1170. The minimum absolute atomic E-state index is 0.0494. The zero-order valence-corrected chi connectivity index (χ0v) is 25.8. The summed E-state index contributed by atoms with van der Waals surface area (Å²) in [5, 5.41) is 0. The number of esters is 2. The highest BCUT2D eigenvalue weighted by atomic mass is 16.5. The highest BCUT2D eigenvalue weighted by Gasteiger charge is 2.64. The molecule has 5 aliphatic rings. The molecule has 5 nitrogen and oxygen atoms in total. The van der Waals surface area contributed by atoms with Gasteiger partial charge >= 0.3 is 11.9 Å². The maximum absolute atomic E-state index is 12.8. The van der Waals surface area contributed by atoms with Gasteiger partial charge in [0, 0.05) is 19.3 Å². The predicted molar refractivity (Wildman–Crippen MR) is 159 cm³/mol. The highest BCUT2D eigenvalue weighted by molar-refractivity contribution is 5.89. The molecule has 0 aromatic heterocycles. The summed E-state index contributed by atoms with van der Waals surface area (Å²) in [4.78, 5) is 23.9. The Morgan fingerprint density at radius 3 is 2.51 bits per heavy atom. The van der Waals surface area contributed by atoms with Crippen LogP contribution in [0.2, 0.25) is 0 Å². The van der Waals surface area contributed by atoms with E-state index in [-0.39, 0.29) is 18.0 Å². The second-order valence-corrected chi connectivity index (χ2v) is 14.8. The molecular weight excluding hydrogens is 512 g/mol. The number of hydrogen-bond donors (Lipinski definition) is 0. The smallest absolute Gasteiger partial charge is 0.338 e. The van der Waals surface area contributed by atoms with E-state index in [1.165, 1.54) is 56.8 Å². The van der Waals surface area contributed by atoms with Crippen molar-refractivity contribution in [1.29, 1.82) is 0 Å². The first-order valence-electron chi connectivity index (χ1n) is 16.4. The maximum Gasteiger partial charge on any atom is 0.338 e. The average molecular weight is 563 g/mol. The molecule has 1 aromatic carbocycles. The van der Waals surface area contributed by atoms with E-state index in [9.17, 15) is 9.59 Å². The van der Waals surface area contributed by atoms with Gasteiger partial charge in [0.15, 0.2) is 0 Å². The summed E-state index contributed by atoms with van der Waals surface area (Å²) < 4.78 is 18.0. The largest absolute Gasteiger partial charge is 0.494 e. The van der Waals surface area contributed by atoms with Crippen LogP contribution in [0.25, 0.3) is 0 Å². The number of ether oxygens (including phenoxy) is 3. The lowest BCUT2D eigenvalue weighted by molar-refractivity contribution is -0.142. The Kier molecular flexibility index (Phi) is 7.78. The molecule has 4 saturated carbocycles. The van der Waals surface area contributed by atoms with Gasteiger partial charge in [-0.25, -0.2) is 4.79 Å². The second kappa shape index (κ2) is 11.1. The van der Waals surface area contributed by atoms with Crippen molar-refractivity contribution in [3.05, 3.63) is 47.2 Å². The standard InChI is InChI=1S/C36H50O5/c1-22(21-39-24(3)37)11-14-31-23(2)33-32(41-31)20-30-28-13-12-26-19-27(40-34(38)25-9-7-6-8-10-25)15-17-35(26,4)29(28)16-18-36(30,33)5/h6-10,22,26-30,32-33H,11-21H2,1-5H3/t22-,26+,27+,28-,29+,30+,32-,33+,35+,36+/m1/s1. The molecule has 0 spiro atoms. The zero-order valence-electron chi connectivity index (χ0n) is 25.8. The van der Waals surface area contributed by atoms with Crippen LogP contribution in [0.1, 0.15) is 109 Å². The molecule has 4 aliphatic carbocycles. The quantitative estimate of drug-likeness (QED) is 0.314. The van der Waals surface area contributed by atoms with E-state index in [4.69, 9.17) is 14.2 Å². The van der Waals surface area contributed by atoms with Gasteiger partial charge < -0.3 is 14.2 Å². The van der Waals surface area contributed by atoms with Gasteiger partial charge in [0.05, 0.1) is 17.9 Å². The first-order chi connectivity index (χ1) is 19.6. The number of allylic oxidation sites excluding steroid dienone is 1. The van der Waals surface area contributed by atoms with Crippen molar-refractivity contribution in [2.45, 2.75) is 111 Å². The molecule has 0 bridgehead atoms. The van der Waals surface area contributed by atoms with Crippen molar-refractivity contribution in [2.75, 3.05) is 6.61 Å². The summed E-state index contributed by atoms with van der Waals surface area (Å²) in [5.41, 5.74) is 2.84. The van der Waals surface area contributed by atoms with Crippen LogP contribution < -0.4 is 0 Å². The van der Waals surface area contributed by atoms with Gasteiger partial charge in [0.2, 0.25) is 0 Å². The second-order valence-electron chi connectivity index (χ2n) is 14.8. The van der Waals surface area contributed by atoms with Crippen molar-refractivity contribution in [2.24, 2.45) is 46.3 Å². The maximum atomic E-state index is 12.8. The number of benzene rings is 1. The predicted octanol–water partition coefficient (Wildman–Crippen LogP) is 8.13. The normalized spacial score (nSPS) is 40.0. The van der Waals surface area contributed by atoms with Crippen LogP contribution in [0.4, 0.5) is 0 Å². The van der Waals surface area contributed by atoms with Crippen molar-refractivity contribution in [3.8, 4) is 0 Å². The lowest BCUT2D eigenvalue weighted by atomic mass is 9.44. The average Bonchev–Trinajstić information content (AvgIpc) is 3.44. The van der Waals surface area contributed by atoms with Crippen LogP contribution in [-0.4, -0.2) is 30.8 Å². The highest BCUT2D eigenvalue weighted by Crippen LogP contribution is 2.69. The lowest BCUT2D eigenvalue weighted by Crippen LogP contribution is -2.54. The van der Waals surface area contributed by atoms with Crippen molar-refractivity contribution < 1.29 is 23.8 Å². The summed E-state index contributed by atoms with van der Waals surface area (Å²) in [7, 11) is 0. The molecule has 0 amide bonds. The van der Waals surface area contributed by atoms with E-state index in [0.717, 1.165) is 43.4 Å². The van der Waals surface area contributed by atoms with Crippen LogP contribution in [0.15, 0.2) is 41.7 Å². The van der Waals surface area contributed by atoms with E-state index in [0.29, 0.717) is 46.9 Å². The van der Waals surface area contributed by atoms with Crippen molar-refractivity contribution in [3.63, 3.8) is 0 Å². The van der Waals surface area contributed by atoms with Crippen molar-refractivity contribution in [1.82, 2.24) is 0 Å². The van der Waals surface area contributed by atoms with E-state index in [1.807, 2.05) is 30.3 Å². The van der Waals surface area contributed by atoms with Gasteiger partial charge in [-0.1, -0.05) is 39.0 Å². The Morgan fingerprint density at radius 1 is 1.00 bits per heavy atom. The molecule has 0 saturated heterocycles. The SMILES string of the molecule is CC(=O)OC[C@H](C)CCC1=C(C)[C@H]2[C@@H](C[C@H]3[C@@H]4CC[C@H]5C[C@@H](OC(=O)c6ccccc6)CC[C@]5(C)[C@H]4CC[C@@]32C)O1. The Balaban J connectivity index is 1.10. The molecule has 5 heteroatoms. The van der Waals surface area contributed by atoms with Gasteiger partial charge in [-0.2, -0.15) is 0 Å². The van der Waals surface area contributed by atoms with E-state index in [1.54, 1.807) is 0 Å². The van der Waals surface area contributed by atoms with Crippen LogP contribution in [0.5, 0.6) is 0 Å². The van der Waals surface area contributed by atoms with Gasteiger partial charge in [0.1, 0.15) is 12.2 Å².